The van der Waals surface area contributed by atoms with E-state index in [1.807, 2.05) is 36.4 Å². The largest absolute Gasteiger partial charge is 0.425 e. The van der Waals surface area contributed by atoms with Crippen molar-refractivity contribution in [3.63, 3.8) is 0 Å². The van der Waals surface area contributed by atoms with Crippen molar-refractivity contribution in [2.24, 2.45) is 0 Å². The molecule has 0 saturated carbocycles. The minimum atomic E-state index is -3.06. The van der Waals surface area contributed by atoms with Crippen molar-refractivity contribution < 1.29 is 37.1 Å². The molecule has 4 aromatic rings. The van der Waals surface area contributed by atoms with Gasteiger partial charge in [-0.1, -0.05) is 91.8 Å². The number of amides is 2. The fourth-order valence-corrected chi connectivity index (χ4v) is 18.6. The summed E-state index contributed by atoms with van der Waals surface area (Å²) in [6.45, 7) is 18.5. The molecule has 0 aliphatic carbocycles. The molecule has 2 aromatic carbocycles. The van der Waals surface area contributed by atoms with Gasteiger partial charge in [0.05, 0.1) is 24.3 Å². The van der Waals surface area contributed by atoms with E-state index in [2.05, 4.69) is 75.7 Å². The lowest BCUT2D eigenvalue weighted by atomic mass is 10.2. The summed E-state index contributed by atoms with van der Waals surface area (Å²) in [6.07, 6.45) is -2.94. The molecule has 2 aliphatic heterocycles. The number of hydrogen-bond donors (Lipinski definition) is 2. The van der Waals surface area contributed by atoms with Gasteiger partial charge >= 0.3 is 23.2 Å². The monoisotopic (exact) mass is 763 g/mol. The van der Waals surface area contributed by atoms with Gasteiger partial charge in [-0.3, -0.25) is 14.7 Å². The van der Waals surface area contributed by atoms with Gasteiger partial charge in [-0.25, -0.2) is 14.7 Å². The number of para-hydroxylation sites is 2. The molecule has 0 spiro atoms. The van der Waals surface area contributed by atoms with Crippen molar-refractivity contribution in [2.75, 3.05) is 16.8 Å². The van der Waals surface area contributed by atoms with Crippen LogP contribution in [0.25, 0.3) is 11.2 Å². The highest BCUT2D eigenvalue weighted by Gasteiger charge is 2.61. The van der Waals surface area contributed by atoms with Gasteiger partial charge < -0.3 is 27.5 Å². The number of aliphatic hydroxyl groups excluding tert-OH is 1. The summed E-state index contributed by atoms with van der Waals surface area (Å²) in [5.41, 5.74) is 1.78. The first kappa shape index (κ1) is 38.7. The average Bonchev–Trinajstić information content (AvgIpc) is 3.65. The molecule has 53 heavy (non-hydrogen) atoms. The number of carbonyl (C=O) groups is 2. The minimum Gasteiger partial charge on any atom is -0.414 e. The second-order valence-corrected chi connectivity index (χ2v) is 23.7. The quantitative estimate of drug-likeness (QED) is 0.130. The van der Waals surface area contributed by atoms with Gasteiger partial charge in [0.2, 0.25) is 11.9 Å². The number of hydrogen-bond acceptors (Lipinski definition) is 11. The van der Waals surface area contributed by atoms with Crippen LogP contribution in [0.15, 0.2) is 67.0 Å². The molecule has 2 amide bonds. The number of anilines is 3. The van der Waals surface area contributed by atoms with Crippen LogP contribution in [0.4, 0.5) is 22.1 Å². The van der Waals surface area contributed by atoms with Crippen molar-refractivity contribution in [3.8, 4) is 5.88 Å². The van der Waals surface area contributed by atoms with Gasteiger partial charge in [-0.2, -0.15) is 9.97 Å². The van der Waals surface area contributed by atoms with E-state index in [9.17, 15) is 14.7 Å². The maximum Gasteiger partial charge on any atom is 0.425 e. The molecule has 2 saturated heterocycles. The number of imidazole rings is 1. The second kappa shape index (κ2) is 15.4. The smallest absolute Gasteiger partial charge is 0.414 e. The summed E-state index contributed by atoms with van der Waals surface area (Å²) >= 11 is 0. The molecule has 0 unspecified atom stereocenters. The van der Waals surface area contributed by atoms with Crippen LogP contribution in [0.5, 0.6) is 5.88 Å². The van der Waals surface area contributed by atoms with Crippen LogP contribution < -0.4 is 15.0 Å². The Bertz CT molecular complexity index is 1860. The Balaban J connectivity index is 1.40. The molecular weight excluding hydrogens is 714 g/mol. The van der Waals surface area contributed by atoms with E-state index in [1.165, 1.54) is 18.2 Å². The number of fused-ring (bicyclic) bond motifs is 2. The van der Waals surface area contributed by atoms with E-state index in [4.69, 9.17) is 22.4 Å². The summed E-state index contributed by atoms with van der Waals surface area (Å²) in [7, 11) is -5.92. The van der Waals surface area contributed by atoms with Crippen molar-refractivity contribution >= 4 is 57.6 Å². The highest BCUT2D eigenvalue weighted by atomic mass is 28.5. The van der Waals surface area contributed by atoms with E-state index in [1.54, 1.807) is 28.8 Å². The van der Waals surface area contributed by atoms with Gasteiger partial charge in [0.25, 0.3) is 5.88 Å². The van der Waals surface area contributed by atoms with Crippen molar-refractivity contribution in [2.45, 2.75) is 109 Å². The first-order valence-electron chi connectivity index (χ1n) is 18.2. The lowest BCUT2D eigenvalue weighted by Gasteiger charge is -2.51. The predicted molar refractivity (Wildman–Crippen MR) is 204 cm³/mol. The normalized spacial score (nSPS) is 22.5. The van der Waals surface area contributed by atoms with Crippen LogP contribution in [0.3, 0.4) is 0 Å². The SMILES string of the molecule is CC(=O)Nc1nc(OC(=O)N(c2ccccc2)c2ccccc2)c2ncn([C@@H]3O[C@@H]4[13CH2]O[Si](C(C)C)(C(C)C)O[Si](C(C)C)(C(C)C)O[C@H]4[C@H]3O)c2n1. The molecule has 284 valence electrons. The molecule has 0 bridgehead atoms. The van der Waals surface area contributed by atoms with Crippen molar-refractivity contribution in [1.29, 1.82) is 0 Å². The number of rotatable bonds is 9. The van der Waals surface area contributed by atoms with Crippen molar-refractivity contribution in [3.05, 3.63) is 67.0 Å². The second-order valence-electron chi connectivity index (χ2n) is 14.8. The summed E-state index contributed by atoms with van der Waals surface area (Å²) in [4.78, 5) is 41.1. The zero-order chi connectivity index (χ0) is 38.2. The van der Waals surface area contributed by atoms with E-state index in [0.29, 0.717) is 11.4 Å². The van der Waals surface area contributed by atoms with Gasteiger partial charge in [0, 0.05) is 6.92 Å². The summed E-state index contributed by atoms with van der Waals surface area (Å²) in [5, 5.41) is 14.6. The molecule has 2 aliphatic rings. The van der Waals surface area contributed by atoms with E-state index in [-0.39, 0.29) is 51.8 Å². The first-order valence-corrected chi connectivity index (χ1v) is 22.1. The topological polar surface area (TPSA) is 159 Å². The van der Waals surface area contributed by atoms with E-state index >= 15 is 0 Å². The molecular formula is C37H50N6O8Si2. The lowest BCUT2D eigenvalue weighted by Crippen LogP contribution is -2.65. The first-order chi connectivity index (χ1) is 25.2. The van der Waals surface area contributed by atoms with Crippen molar-refractivity contribution in [1.82, 2.24) is 19.5 Å². The highest BCUT2D eigenvalue weighted by Crippen LogP contribution is 2.48. The third-order valence-electron chi connectivity index (χ3n) is 9.99. The number of nitrogens with one attached hydrogen (secondary N) is 1. The van der Waals surface area contributed by atoms with E-state index < -0.39 is 53.7 Å². The number of aliphatic hydroxyl groups is 1. The molecule has 2 fully saturated rings. The predicted octanol–water partition coefficient (Wildman–Crippen LogP) is 7.34. The van der Waals surface area contributed by atoms with Gasteiger partial charge in [-0.05, 0) is 46.4 Å². The highest BCUT2D eigenvalue weighted by molar-refractivity contribution is 6.84. The summed E-state index contributed by atoms with van der Waals surface area (Å²) < 4.78 is 35.4. The van der Waals surface area contributed by atoms with Crippen LogP contribution in [-0.2, 0) is 22.5 Å². The van der Waals surface area contributed by atoms with Crippen LogP contribution >= 0.6 is 0 Å². The Morgan fingerprint density at radius 2 is 1.45 bits per heavy atom. The van der Waals surface area contributed by atoms with Crippen LogP contribution in [0.1, 0.15) is 68.5 Å². The molecule has 4 heterocycles. The average molecular weight is 764 g/mol. The lowest BCUT2D eigenvalue weighted by molar-refractivity contribution is -0.114. The van der Waals surface area contributed by atoms with Crippen LogP contribution in [0, 0.1) is 0 Å². The molecule has 4 atom stereocenters. The summed E-state index contributed by atoms with van der Waals surface area (Å²) in [5.74, 6) is -0.750. The number of ether oxygens (including phenoxy) is 2. The standard InChI is InChI=1S/C37H50N6O8Si2/c1-22(2)52(23(3)4)47-20-29-32(50-53(51-52,24(5)6)25(7)8)31(45)35(48-29)42-21-38-30-33(42)40-36(39-26(9)44)41-34(30)49-37(46)43(27-16-12-10-13-17-27)28-18-14-11-15-19-28/h10-19,21-25,29,31-32,35,45H,20H2,1-9H3,(H,39,40,41,44)/t29-,31-,32-,35-/m1/s1/i20+1. The fourth-order valence-electron chi connectivity index (χ4n) is 7.37. The number of carbonyl (C=O) groups excluding carboxylic acids is 2. The molecule has 16 heteroatoms. The number of benzene rings is 2. The van der Waals surface area contributed by atoms with Crippen LogP contribution in [-0.4, -0.2) is 78.7 Å². The van der Waals surface area contributed by atoms with Gasteiger partial charge in [-0.15, -0.1) is 0 Å². The molecule has 6 rings (SSSR count). The zero-order valence-corrected chi connectivity index (χ0v) is 33.7. The number of aromatic nitrogens is 4. The van der Waals surface area contributed by atoms with E-state index in [0.717, 1.165) is 0 Å². The third kappa shape index (κ3) is 7.28. The maximum atomic E-state index is 14.0. The zero-order valence-electron chi connectivity index (χ0n) is 31.7. The van der Waals surface area contributed by atoms with Gasteiger partial charge in [0.1, 0.15) is 18.3 Å². The molecule has 14 nitrogen and oxygen atoms in total. The minimum absolute atomic E-state index is 0.0473. The van der Waals surface area contributed by atoms with Gasteiger partial charge in [0.15, 0.2) is 17.4 Å². The maximum absolute atomic E-state index is 14.0. The fraction of sp³-hybridized carbons (Fsp3) is 0.486. The Morgan fingerprint density at radius 3 is 1.98 bits per heavy atom. The third-order valence-corrected chi connectivity index (χ3v) is 20.2. The Morgan fingerprint density at radius 1 is 0.887 bits per heavy atom. The Labute approximate surface area is 312 Å². The molecule has 2 N–H and O–H groups in total. The Kier molecular flexibility index (Phi) is 11.2. The summed E-state index contributed by atoms with van der Waals surface area (Å²) in [6, 6.07) is 18.1. The number of nitrogens with zero attached hydrogens (tertiary/aromatic N) is 5. The molecule has 2 aromatic heterocycles. The van der Waals surface area contributed by atoms with Crippen LogP contribution in [0.2, 0.25) is 22.2 Å². The Hall–Kier alpha value is -4.04. The molecule has 0 radical (unpaired) electrons.